The maximum atomic E-state index is 6.01. The van der Waals surface area contributed by atoms with Crippen LogP contribution in [-0.4, -0.2) is 39.6 Å². The van der Waals surface area contributed by atoms with Gasteiger partial charge in [0, 0.05) is 24.0 Å². The molecule has 0 radical (unpaired) electrons. The lowest BCUT2D eigenvalue weighted by atomic mass is 10.2. The third-order valence-corrected chi connectivity index (χ3v) is 4.59. The molecular formula is C21H24N6O. The normalized spacial score (nSPS) is 16.8. The maximum Gasteiger partial charge on any atom is 0.132 e. The van der Waals surface area contributed by atoms with Gasteiger partial charge in [-0.05, 0) is 45.0 Å². The number of ether oxygens (including phenoxy) is 1. The van der Waals surface area contributed by atoms with Crippen LogP contribution in [0.3, 0.4) is 0 Å². The first-order chi connectivity index (χ1) is 13.6. The Morgan fingerprint density at radius 1 is 0.929 bits per heavy atom. The van der Waals surface area contributed by atoms with Crippen molar-refractivity contribution in [2.24, 2.45) is 0 Å². The lowest BCUT2D eigenvalue weighted by Crippen LogP contribution is -2.39. The minimum atomic E-state index is -0.114. The molecule has 0 bridgehead atoms. The van der Waals surface area contributed by atoms with Crippen LogP contribution in [-0.2, 0) is 4.74 Å². The standard InChI is InChI=1S/C21H24N6O/c1-14-6-4-8-19(23-14)26-20-9-5-7-17(25-20)18-13-27(10-11-28-18)21-12-15(2)22-16(3)24-21/h4-9,12,18H,10-11,13H2,1-3H3,(H,23,25,26). The molecule has 1 unspecified atom stereocenters. The highest BCUT2D eigenvalue weighted by atomic mass is 16.5. The SMILES string of the molecule is Cc1cccc(Nc2cccc(C3CN(c4cc(C)nc(C)n4)CCO3)n2)n1. The molecule has 1 aliphatic heterocycles. The van der Waals surface area contributed by atoms with Crippen molar-refractivity contribution in [3.63, 3.8) is 0 Å². The number of pyridine rings is 2. The van der Waals surface area contributed by atoms with Crippen LogP contribution in [0.1, 0.15) is 29.0 Å². The zero-order valence-electron chi connectivity index (χ0n) is 16.4. The number of aryl methyl sites for hydroxylation is 3. The van der Waals surface area contributed by atoms with E-state index in [1.807, 2.05) is 63.2 Å². The summed E-state index contributed by atoms with van der Waals surface area (Å²) in [7, 11) is 0. The van der Waals surface area contributed by atoms with Crippen molar-refractivity contribution in [3.05, 3.63) is 65.4 Å². The second kappa shape index (κ2) is 7.90. The summed E-state index contributed by atoms with van der Waals surface area (Å²) in [4.78, 5) is 20.4. The summed E-state index contributed by atoms with van der Waals surface area (Å²) >= 11 is 0. The maximum absolute atomic E-state index is 6.01. The van der Waals surface area contributed by atoms with Crippen LogP contribution in [0.25, 0.3) is 0 Å². The van der Waals surface area contributed by atoms with E-state index < -0.39 is 0 Å². The highest BCUT2D eigenvalue weighted by molar-refractivity contribution is 5.52. The minimum absolute atomic E-state index is 0.114. The van der Waals surface area contributed by atoms with Gasteiger partial charge < -0.3 is 15.0 Å². The molecule has 1 aliphatic rings. The Labute approximate surface area is 164 Å². The molecule has 7 nitrogen and oxygen atoms in total. The Kier molecular flexibility index (Phi) is 5.16. The molecular weight excluding hydrogens is 352 g/mol. The van der Waals surface area contributed by atoms with Gasteiger partial charge in [-0.2, -0.15) is 0 Å². The molecule has 3 aromatic rings. The Bertz CT molecular complexity index is 956. The molecule has 7 heteroatoms. The minimum Gasteiger partial charge on any atom is -0.368 e. The molecule has 0 aliphatic carbocycles. The van der Waals surface area contributed by atoms with Gasteiger partial charge in [0.1, 0.15) is 29.4 Å². The number of nitrogens with one attached hydrogen (secondary N) is 1. The third-order valence-electron chi connectivity index (χ3n) is 4.59. The van der Waals surface area contributed by atoms with E-state index in [1.54, 1.807) is 0 Å². The number of aromatic nitrogens is 4. The molecule has 0 aromatic carbocycles. The van der Waals surface area contributed by atoms with Gasteiger partial charge in [0.25, 0.3) is 0 Å². The Balaban J connectivity index is 1.52. The number of rotatable bonds is 4. The molecule has 1 atom stereocenters. The molecule has 28 heavy (non-hydrogen) atoms. The summed E-state index contributed by atoms with van der Waals surface area (Å²) < 4.78 is 6.01. The van der Waals surface area contributed by atoms with E-state index in [0.29, 0.717) is 13.2 Å². The van der Waals surface area contributed by atoms with Gasteiger partial charge >= 0.3 is 0 Å². The van der Waals surface area contributed by atoms with Gasteiger partial charge in [-0.15, -0.1) is 0 Å². The lowest BCUT2D eigenvalue weighted by molar-refractivity contribution is 0.0368. The van der Waals surface area contributed by atoms with Crippen LogP contribution in [0.15, 0.2) is 42.5 Å². The van der Waals surface area contributed by atoms with Crippen molar-refractivity contribution in [3.8, 4) is 0 Å². The topological polar surface area (TPSA) is 76.1 Å². The first-order valence-corrected chi connectivity index (χ1v) is 9.43. The predicted octanol–water partition coefficient (Wildman–Crippen LogP) is 3.51. The van der Waals surface area contributed by atoms with E-state index in [2.05, 4.69) is 25.2 Å². The Morgan fingerprint density at radius 2 is 1.71 bits per heavy atom. The molecule has 0 saturated carbocycles. The van der Waals surface area contributed by atoms with E-state index >= 15 is 0 Å². The fraction of sp³-hybridized carbons (Fsp3) is 0.333. The van der Waals surface area contributed by atoms with Gasteiger partial charge in [0.05, 0.1) is 18.8 Å². The highest BCUT2D eigenvalue weighted by Crippen LogP contribution is 2.25. The molecule has 0 spiro atoms. The van der Waals surface area contributed by atoms with Crippen molar-refractivity contribution in [2.75, 3.05) is 29.9 Å². The molecule has 3 aromatic heterocycles. The fourth-order valence-corrected chi connectivity index (χ4v) is 3.34. The van der Waals surface area contributed by atoms with Crippen LogP contribution >= 0.6 is 0 Å². The monoisotopic (exact) mass is 376 g/mol. The van der Waals surface area contributed by atoms with E-state index in [1.165, 1.54) is 0 Å². The van der Waals surface area contributed by atoms with Crippen molar-refractivity contribution < 1.29 is 4.74 Å². The zero-order chi connectivity index (χ0) is 19.5. The van der Waals surface area contributed by atoms with E-state index in [9.17, 15) is 0 Å². The van der Waals surface area contributed by atoms with Crippen molar-refractivity contribution in [2.45, 2.75) is 26.9 Å². The Hall–Kier alpha value is -3.06. The molecule has 1 N–H and O–H groups in total. The predicted molar refractivity (Wildman–Crippen MR) is 109 cm³/mol. The average molecular weight is 376 g/mol. The number of nitrogens with zero attached hydrogens (tertiary/aromatic N) is 5. The smallest absolute Gasteiger partial charge is 0.132 e. The fourth-order valence-electron chi connectivity index (χ4n) is 3.34. The quantitative estimate of drug-likeness (QED) is 0.747. The first-order valence-electron chi connectivity index (χ1n) is 9.43. The number of anilines is 3. The molecule has 1 saturated heterocycles. The van der Waals surface area contributed by atoms with Crippen LogP contribution in [0, 0.1) is 20.8 Å². The van der Waals surface area contributed by atoms with Gasteiger partial charge in [-0.1, -0.05) is 12.1 Å². The lowest BCUT2D eigenvalue weighted by Gasteiger charge is -2.33. The second-order valence-corrected chi connectivity index (χ2v) is 6.96. The summed E-state index contributed by atoms with van der Waals surface area (Å²) in [6.45, 7) is 8.02. The van der Waals surface area contributed by atoms with Crippen molar-refractivity contribution in [1.29, 1.82) is 0 Å². The third kappa shape index (κ3) is 4.26. The first kappa shape index (κ1) is 18.3. The van der Waals surface area contributed by atoms with E-state index in [0.717, 1.165) is 46.9 Å². The molecule has 144 valence electrons. The second-order valence-electron chi connectivity index (χ2n) is 6.96. The van der Waals surface area contributed by atoms with Crippen LogP contribution in [0.5, 0.6) is 0 Å². The van der Waals surface area contributed by atoms with Crippen LogP contribution in [0.4, 0.5) is 17.5 Å². The highest BCUT2D eigenvalue weighted by Gasteiger charge is 2.24. The molecule has 4 rings (SSSR count). The van der Waals surface area contributed by atoms with Crippen LogP contribution in [0.2, 0.25) is 0 Å². The van der Waals surface area contributed by atoms with Crippen LogP contribution < -0.4 is 10.2 Å². The summed E-state index contributed by atoms with van der Waals surface area (Å²) in [6, 6.07) is 13.8. The number of morpholine rings is 1. The van der Waals surface area contributed by atoms with E-state index in [4.69, 9.17) is 9.72 Å². The van der Waals surface area contributed by atoms with Gasteiger partial charge in [0.15, 0.2) is 0 Å². The molecule has 0 amide bonds. The van der Waals surface area contributed by atoms with Gasteiger partial charge in [-0.25, -0.2) is 19.9 Å². The Morgan fingerprint density at radius 3 is 2.50 bits per heavy atom. The molecule has 4 heterocycles. The summed E-state index contributed by atoms with van der Waals surface area (Å²) in [5.41, 5.74) is 2.83. The average Bonchev–Trinajstić information content (AvgIpc) is 2.68. The molecule has 1 fully saturated rings. The summed E-state index contributed by atoms with van der Waals surface area (Å²) in [5.74, 6) is 3.26. The van der Waals surface area contributed by atoms with Crippen molar-refractivity contribution in [1.82, 2.24) is 19.9 Å². The zero-order valence-corrected chi connectivity index (χ0v) is 16.4. The van der Waals surface area contributed by atoms with Crippen molar-refractivity contribution >= 4 is 17.5 Å². The summed E-state index contributed by atoms with van der Waals surface area (Å²) in [6.07, 6.45) is -0.114. The summed E-state index contributed by atoms with van der Waals surface area (Å²) in [5, 5.41) is 3.27. The number of hydrogen-bond donors (Lipinski definition) is 1. The van der Waals surface area contributed by atoms with Gasteiger partial charge in [-0.3, -0.25) is 0 Å². The largest absolute Gasteiger partial charge is 0.368 e. The number of hydrogen-bond acceptors (Lipinski definition) is 7. The van der Waals surface area contributed by atoms with Gasteiger partial charge in [0.2, 0.25) is 0 Å². The van der Waals surface area contributed by atoms with E-state index in [-0.39, 0.29) is 6.10 Å².